The first-order valence-corrected chi connectivity index (χ1v) is 5.23. The minimum absolute atomic E-state index is 1.25. The maximum Gasteiger partial charge on any atom is -0.0590 e. The van der Waals surface area contributed by atoms with Gasteiger partial charge in [0, 0.05) is 0 Å². The molecule has 0 amide bonds. The highest BCUT2D eigenvalue weighted by atomic mass is 13.5. The first kappa shape index (κ1) is 22.8. The molecule has 0 saturated heterocycles. The SMILES string of the molecule is C=C/C=C\C=C.CC.CC.CCC. The normalized spacial score (nSPS) is 6.31. The van der Waals surface area contributed by atoms with Crippen LogP contribution in [0.3, 0.4) is 0 Å². The Balaban J connectivity index is -0.0000000493. The van der Waals surface area contributed by atoms with Gasteiger partial charge in [-0.25, -0.2) is 0 Å². The van der Waals surface area contributed by atoms with Crippen molar-refractivity contribution in [2.24, 2.45) is 0 Å². The van der Waals surface area contributed by atoms with Gasteiger partial charge in [0.2, 0.25) is 0 Å². The summed E-state index contributed by atoms with van der Waals surface area (Å²) in [6, 6.07) is 0. The van der Waals surface area contributed by atoms with Crippen LogP contribution < -0.4 is 0 Å². The maximum absolute atomic E-state index is 3.46. The summed E-state index contributed by atoms with van der Waals surface area (Å²) in [5, 5.41) is 0. The van der Waals surface area contributed by atoms with E-state index in [0.29, 0.717) is 0 Å². The summed E-state index contributed by atoms with van der Waals surface area (Å²) < 4.78 is 0. The van der Waals surface area contributed by atoms with Crippen LogP contribution in [0.4, 0.5) is 0 Å². The van der Waals surface area contributed by atoms with Crippen molar-refractivity contribution in [3.63, 3.8) is 0 Å². The highest BCUT2D eigenvalue weighted by molar-refractivity contribution is 5.05. The molecule has 0 saturated carbocycles. The molecule has 0 aliphatic rings. The van der Waals surface area contributed by atoms with Crippen LogP contribution in [0.1, 0.15) is 48.0 Å². The summed E-state index contributed by atoms with van der Waals surface area (Å²) in [6.45, 7) is 19.2. The van der Waals surface area contributed by atoms with Crippen molar-refractivity contribution in [1.29, 1.82) is 0 Å². The van der Waals surface area contributed by atoms with Crippen molar-refractivity contribution in [2.75, 3.05) is 0 Å². The highest BCUT2D eigenvalue weighted by Crippen LogP contribution is 1.69. The number of allylic oxidation sites excluding steroid dienone is 4. The van der Waals surface area contributed by atoms with Gasteiger partial charge in [-0.15, -0.1) is 0 Å². The molecule has 0 aromatic heterocycles. The van der Waals surface area contributed by atoms with Gasteiger partial charge in [-0.2, -0.15) is 0 Å². The molecule has 0 radical (unpaired) electrons. The second-order valence-electron chi connectivity index (χ2n) is 1.56. The highest BCUT2D eigenvalue weighted by Gasteiger charge is 1.47. The summed E-state index contributed by atoms with van der Waals surface area (Å²) in [5.41, 5.74) is 0. The first-order chi connectivity index (χ1) is 6.33. The third-order valence-corrected chi connectivity index (χ3v) is 0.383. The Morgan fingerprint density at radius 1 is 0.769 bits per heavy atom. The van der Waals surface area contributed by atoms with Crippen LogP contribution in [0.25, 0.3) is 0 Å². The van der Waals surface area contributed by atoms with Crippen LogP contribution >= 0.6 is 0 Å². The zero-order chi connectivity index (χ0) is 11.5. The Hall–Kier alpha value is -0.780. The standard InChI is InChI=1S/C6H8.C3H8.2C2H6/c1-3-5-6-4-2;1-3-2;2*1-2/h3-6H,1-2H2;3H2,1-2H3;2*1-2H3/b6-5-;;;. The fraction of sp³-hybridized carbons (Fsp3) is 0.538. The Labute approximate surface area is 86.1 Å². The molecule has 0 aliphatic carbocycles. The molecule has 0 nitrogen and oxygen atoms in total. The topological polar surface area (TPSA) is 0 Å². The van der Waals surface area contributed by atoms with Gasteiger partial charge < -0.3 is 0 Å². The predicted molar refractivity (Wildman–Crippen MR) is 68.2 cm³/mol. The van der Waals surface area contributed by atoms with E-state index in [1.165, 1.54) is 6.42 Å². The molecule has 0 heteroatoms. The summed E-state index contributed by atoms with van der Waals surface area (Å²) in [5.74, 6) is 0. The van der Waals surface area contributed by atoms with E-state index in [2.05, 4.69) is 27.0 Å². The van der Waals surface area contributed by atoms with Gasteiger partial charge in [0.15, 0.2) is 0 Å². The quantitative estimate of drug-likeness (QED) is 0.505. The Morgan fingerprint density at radius 2 is 0.923 bits per heavy atom. The van der Waals surface area contributed by atoms with E-state index in [1.807, 2.05) is 39.8 Å². The monoisotopic (exact) mass is 184 g/mol. The van der Waals surface area contributed by atoms with Gasteiger partial charge in [0.1, 0.15) is 0 Å². The van der Waals surface area contributed by atoms with E-state index in [-0.39, 0.29) is 0 Å². The minimum atomic E-state index is 1.25. The van der Waals surface area contributed by atoms with E-state index in [0.717, 1.165) is 0 Å². The van der Waals surface area contributed by atoms with Crippen molar-refractivity contribution in [2.45, 2.75) is 48.0 Å². The smallest absolute Gasteiger partial charge is 0.0590 e. The lowest BCUT2D eigenvalue weighted by atomic mass is 10.5. The van der Waals surface area contributed by atoms with Gasteiger partial charge in [0.25, 0.3) is 0 Å². The zero-order valence-electron chi connectivity index (χ0n) is 10.4. The maximum atomic E-state index is 3.46. The van der Waals surface area contributed by atoms with Gasteiger partial charge in [0.05, 0.1) is 0 Å². The van der Waals surface area contributed by atoms with Crippen molar-refractivity contribution in [3.8, 4) is 0 Å². The summed E-state index contributed by atoms with van der Waals surface area (Å²) in [6.07, 6.45) is 8.32. The van der Waals surface area contributed by atoms with Crippen molar-refractivity contribution in [1.82, 2.24) is 0 Å². The third kappa shape index (κ3) is 194. The van der Waals surface area contributed by atoms with Crippen molar-refractivity contribution < 1.29 is 0 Å². The van der Waals surface area contributed by atoms with E-state index < -0.39 is 0 Å². The van der Waals surface area contributed by atoms with E-state index in [9.17, 15) is 0 Å². The molecule has 0 fully saturated rings. The molecule has 0 heterocycles. The zero-order valence-corrected chi connectivity index (χ0v) is 10.4. The fourth-order valence-corrected chi connectivity index (χ4v) is 0.157. The summed E-state index contributed by atoms with van der Waals surface area (Å²) in [7, 11) is 0. The molecular formula is C13H28. The lowest BCUT2D eigenvalue weighted by Gasteiger charge is -1.60. The second kappa shape index (κ2) is 65.8. The molecule has 0 aliphatic heterocycles. The molecule has 0 atom stereocenters. The van der Waals surface area contributed by atoms with Gasteiger partial charge in [-0.05, 0) is 0 Å². The molecule has 0 rings (SSSR count). The molecule has 80 valence electrons. The number of hydrogen-bond donors (Lipinski definition) is 0. The van der Waals surface area contributed by atoms with Crippen LogP contribution in [0.15, 0.2) is 37.5 Å². The summed E-state index contributed by atoms with van der Waals surface area (Å²) >= 11 is 0. The number of hydrogen-bond acceptors (Lipinski definition) is 0. The average Bonchev–Trinajstić information content (AvgIpc) is 2.22. The molecule has 0 spiro atoms. The molecular weight excluding hydrogens is 156 g/mol. The molecule has 0 aromatic carbocycles. The molecule has 0 bridgehead atoms. The fourth-order valence-electron chi connectivity index (χ4n) is 0.157. The molecule has 0 unspecified atom stereocenters. The second-order valence-corrected chi connectivity index (χ2v) is 1.56. The van der Waals surface area contributed by atoms with Gasteiger partial charge in [-0.1, -0.05) is 85.4 Å². The minimum Gasteiger partial charge on any atom is -0.0991 e. The van der Waals surface area contributed by atoms with Crippen LogP contribution in [0.2, 0.25) is 0 Å². The van der Waals surface area contributed by atoms with Crippen LogP contribution in [-0.4, -0.2) is 0 Å². The number of rotatable bonds is 2. The van der Waals surface area contributed by atoms with Gasteiger partial charge >= 0.3 is 0 Å². The van der Waals surface area contributed by atoms with Gasteiger partial charge in [-0.3, -0.25) is 0 Å². The van der Waals surface area contributed by atoms with E-state index in [1.54, 1.807) is 12.2 Å². The molecule has 13 heavy (non-hydrogen) atoms. The summed E-state index contributed by atoms with van der Waals surface area (Å²) in [4.78, 5) is 0. The van der Waals surface area contributed by atoms with Crippen LogP contribution in [0.5, 0.6) is 0 Å². The van der Waals surface area contributed by atoms with Crippen LogP contribution in [0, 0.1) is 0 Å². The first-order valence-electron chi connectivity index (χ1n) is 5.23. The third-order valence-electron chi connectivity index (χ3n) is 0.383. The average molecular weight is 184 g/mol. The lowest BCUT2D eigenvalue weighted by molar-refractivity contribution is 1.09. The van der Waals surface area contributed by atoms with E-state index >= 15 is 0 Å². The van der Waals surface area contributed by atoms with E-state index in [4.69, 9.17) is 0 Å². The molecule has 0 aromatic rings. The Kier molecular flexibility index (Phi) is 115. The van der Waals surface area contributed by atoms with Crippen LogP contribution in [-0.2, 0) is 0 Å². The lowest BCUT2D eigenvalue weighted by Crippen LogP contribution is -1.38. The van der Waals surface area contributed by atoms with Crippen molar-refractivity contribution in [3.05, 3.63) is 37.5 Å². The van der Waals surface area contributed by atoms with Crippen molar-refractivity contribution >= 4 is 0 Å². The largest absolute Gasteiger partial charge is 0.0991 e. The Bertz CT molecular complexity index is 68.0. The Morgan fingerprint density at radius 3 is 1.00 bits per heavy atom. The predicted octanol–water partition coefficient (Wildman–Crippen LogP) is 5.38. The molecule has 0 N–H and O–H groups in total.